The monoisotopic (exact) mass is 282 g/mol. The van der Waals surface area contributed by atoms with Crippen molar-refractivity contribution in [3.63, 3.8) is 0 Å². The Hall–Kier alpha value is -1.69. The van der Waals surface area contributed by atoms with Crippen LogP contribution in [-0.4, -0.2) is 23.0 Å². The van der Waals surface area contributed by atoms with Gasteiger partial charge < -0.3 is 4.74 Å². The number of anilines is 1. The van der Waals surface area contributed by atoms with E-state index in [2.05, 4.69) is 10.3 Å². The van der Waals surface area contributed by atoms with Crippen molar-refractivity contribution >= 4 is 34.4 Å². The molecule has 1 aromatic rings. The lowest BCUT2D eigenvalue weighted by Crippen LogP contribution is -2.27. The summed E-state index contributed by atoms with van der Waals surface area (Å²) in [5.74, 6) is 0. The molecule has 19 heavy (non-hydrogen) atoms. The number of aromatic nitrogens is 1. The maximum absolute atomic E-state index is 11.6. The fourth-order valence-corrected chi connectivity index (χ4v) is 1.99. The molecule has 104 valence electrons. The zero-order valence-electron chi connectivity index (χ0n) is 11.5. The predicted molar refractivity (Wildman–Crippen MR) is 76.3 cm³/mol. The molecule has 0 spiro atoms. The van der Waals surface area contributed by atoms with Crippen LogP contribution in [0.25, 0.3) is 5.57 Å². The smallest absolute Gasteiger partial charge is 0.413 e. The maximum atomic E-state index is 11.6. The van der Waals surface area contributed by atoms with Crippen LogP contribution in [0.5, 0.6) is 0 Å². The molecule has 0 aliphatic heterocycles. The molecular weight excluding hydrogens is 264 g/mol. The van der Waals surface area contributed by atoms with Gasteiger partial charge in [0.05, 0.1) is 5.69 Å². The molecule has 0 saturated heterocycles. The molecule has 1 aromatic heterocycles. The summed E-state index contributed by atoms with van der Waals surface area (Å²) in [6, 6.07) is 0. The summed E-state index contributed by atoms with van der Waals surface area (Å²) < 4.78 is 5.12. The van der Waals surface area contributed by atoms with Gasteiger partial charge in [-0.2, -0.15) is 0 Å². The largest absolute Gasteiger partial charge is 0.444 e. The number of allylic oxidation sites excluding steroid dienone is 2. The highest BCUT2D eigenvalue weighted by atomic mass is 32.1. The van der Waals surface area contributed by atoms with Gasteiger partial charge in [0.15, 0.2) is 11.4 Å². The zero-order chi connectivity index (χ0) is 14.5. The fraction of sp³-hybridized carbons (Fsp3) is 0.462. The van der Waals surface area contributed by atoms with Crippen molar-refractivity contribution in [3.05, 3.63) is 17.2 Å². The number of nitrogens with zero attached hydrogens (tertiary/aromatic N) is 1. The summed E-state index contributed by atoms with van der Waals surface area (Å²) >= 11 is 1.25. The molecule has 0 atom stereocenters. The second kappa shape index (κ2) is 6.47. The number of ether oxygens (including phenoxy) is 1. The lowest BCUT2D eigenvalue weighted by molar-refractivity contribution is -0.103. The minimum Gasteiger partial charge on any atom is -0.444 e. The molecule has 0 aromatic carbocycles. The Morgan fingerprint density at radius 3 is 2.74 bits per heavy atom. The molecule has 0 bridgehead atoms. The molecule has 0 fully saturated rings. The van der Waals surface area contributed by atoms with Gasteiger partial charge in [-0.15, -0.1) is 11.3 Å². The van der Waals surface area contributed by atoms with Crippen LogP contribution < -0.4 is 5.32 Å². The van der Waals surface area contributed by atoms with Crippen LogP contribution >= 0.6 is 11.3 Å². The van der Waals surface area contributed by atoms with E-state index in [4.69, 9.17) is 4.74 Å². The van der Waals surface area contributed by atoms with E-state index in [1.54, 1.807) is 32.2 Å². The van der Waals surface area contributed by atoms with Crippen molar-refractivity contribution in [1.29, 1.82) is 0 Å². The Morgan fingerprint density at radius 2 is 2.21 bits per heavy atom. The molecule has 0 unspecified atom stereocenters. The van der Waals surface area contributed by atoms with Gasteiger partial charge in [-0.25, -0.2) is 9.78 Å². The minimum absolute atomic E-state index is 0.410. The molecule has 1 heterocycles. The summed E-state index contributed by atoms with van der Waals surface area (Å²) in [5, 5.41) is 4.68. The maximum Gasteiger partial charge on any atom is 0.413 e. The average Bonchev–Trinajstić information content (AvgIpc) is 2.71. The number of thiazole rings is 1. The van der Waals surface area contributed by atoms with Crippen LogP contribution in [0, 0.1) is 0 Å². The first-order chi connectivity index (χ1) is 8.85. The van der Waals surface area contributed by atoms with Gasteiger partial charge in [0, 0.05) is 11.0 Å². The van der Waals surface area contributed by atoms with Crippen molar-refractivity contribution in [2.45, 2.75) is 39.7 Å². The van der Waals surface area contributed by atoms with Crippen molar-refractivity contribution in [1.82, 2.24) is 4.98 Å². The van der Waals surface area contributed by atoms with Gasteiger partial charge in [-0.3, -0.25) is 10.1 Å². The fourth-order valence-electron chi connectivity index (χ4n) is 1.29. The van der Waals surface area contributed by atoms with E-state index >= 15 is 0 Å². The number of nitrogens with one attached hydrogen (secondary N) is 1. The Bertz CT molecular complexity index is 486. The molecule has 0 radical (unpaired) electrons. The third-order valence-corrected chi connectivity index (χ3v) is 2.72. The average molecular weight is 282 g/mol. The lowest BCUT2D eigenvalue weighted by atomic mass is 10.2. The standard InChI is InChI=1S/C13H18N2O3S/c1-5-6-9(7-16)10-8-19-11(14-10)15-12(17)18-13(2,3)4/h6-8H,5H2,1-4H3,(H,14,15,17)/b9-6+. The quantitative estimate of drug-likeness (QED) is 0.678. The van der Waals surface area contributed by atoms with Crippen molar-refractivity contribution in [2.75, 3.05) is 5.32 Å². The predicted octanol–water partition coefficient (Wildman–Crippen LogP) is 3.48. The first kappa shape index (κ1) is 15.4. The van der Waals surface area contributed by atoms with E-state index in [1.807, 2.05) is 6.92 Å². The topological polar surface area (TPSA) is 68.3 Å². The Labute approximate surface area is 116 Å². The third kappa shape index (κ3) is 5.21. The van der Waals surface area contributed by atoms with Crippen LogP contribution in [0.4, 0.5) is 9.93 Å². The SMILES string of the molecule is CC/C=C(\C=O)c1csc(NC(=O)OC(C)(C)C)n1. The summed E-state index contributed by atoms with van der Waals surface area (Å²) in [7, 11) is 0. The van der Waals surface area contributed by atoms with E-state index in [9.17, 15) is 9.59 Å². The van der Waals surface area contributed by atoms with Crippen LogP contribution in [-0.2, 0) is 9.53 Å². The van der Waals surface area contributed by atoms with Crippen molar-refractivity contribution in [3.8, 4) is 0 Å². The Kier molecular flexibility index (Phi) is 5.23. The van der Waals surface area contributed by atoms with Crippen molar-refractivity contribution < 1.29 is 14.3 Å². The minimum atomic E-state index is -0.555. The number of aldehydes is 1. The van der Waals surface area contributed by atoms with Gasteiger partial charge in [-0.1, -0.05) is 13.0 Å². The summed E-state index contributed by atoms with van der Waals surface area (Å²) in [6.07, 6.45) is 2.75. The first-order valence-corrected chi connectivity index (χ1v) is 6.85. The van der Waals surface area contributed by atoms with E-state index in [-0.39, 0.29) is 0 Å². The number of hydrogen-bond donors (Lipinski definition) is 1. The molecule has 0 aliphatic carbocycles. The van der Waals surface area contributed by atoms with Gasteiger partial charge in [-0.05, 0) is 27.2 Å². The van der Waals surface area contributed by atoms with Gasteiger partial charge in [0.1, 0.15) is 5.60 Å². The third-order valence-electron chi connectivity index (χ3n) is 1.96. The number of amides is 1. The second-order valence-electron chi connectivity index (χ2n) is 4.85. The Morgan fingerprint density at radius 1 is 1.53 bits per heavy atom. The molecule has 1 rings (SSSR count). The van der Waals surface area contributed by atoms with Gasteiger partial charge >= 0.3 is 6.09 Å². The summed E-state index contributed by atoms with van der Waals surface area (Å²) in [5.41, 5.74) is 0.532. The van der Waals surface area contributed by atoms with Gasteiger partial charge in [0.25, 0.3) is 0 Å². The normalized spacial score (nSPS) is 12.1. The number of carbonyl (C=O) groups is 2. The second-order valence-corrected chi connectivity index (χ2v) is 5.71. The summed E-state index contributed by atoms with van der Waals surface area (Å²) in [6.45, 7) is 7.30. The molecule has 5 nitrogen and oxygen atoms in total. The zero-order valence-corrected chi connectivity index (χ0v) is 12.3. The first-order valence-electron chi connectivity index (χ1n) is 5.97. The highest BCUT2D eigenvalue weighted by Gasteiger charge is 2.17. The molecule has 1 amide bonds. The van der Waals surface area contributed by atoms with Crippen LogP contribution in [0.1, 0.15) is 39.8 Å². The highest BCUT2D eigenvalue weighted by molar-refractivity contribution is 7.14. The van der Waals surface area contributed by atoms with E-state index < -0.39 is 11.7 Å². The van der Waals surface area contributed by atoms with E-state index in [0.717, 1.165) is 12.7 Å². The number of hydrogen-bond acceptors (Lipinski definition) is 5. The van der Waals surface area contributed by atoms with Crippen LogP contribution in [0.3, 0.4) is 0 Å². The van der Waals surface area contributed by atoms with Crippen LogP contribution in [0.15, 0.2) is 11.5 Å². The number of carbonyl (C=O) groups excluding carboxylic acids is 2. The molecule has 0 aliphatic rings. The Balaban J connectivity index is 2.73. The highest BCUT2D eigenvalue weighted by Crippen LogP contribution is 2.21. The van der Waals surface area contributed by atoms with Crippen molar-refractivity contribution in [2.24, 2.45) is 0 Å². The lowest BCUT2D eigenvalue weighted by Gasteiger charge is -2.18. The van der Waals surface area contributed by atoms with E-state index in [1.165, 1.54) is 11.3 Å². The molecule has 0 saturated carbocycles. The number of rotatable bonds is 4. The van der Waals surface area contributed by atoms with E-state index in [0.29, 0.717) is 16.4 Å². The molecular formula is C13H18N2O3S. The van der Waals surface area contributed by atoms with Crippen LogP contribution in [0.2, 0.25) is 0 Å². The molecule has 1 N–H and O–H groups in total. The molecule has 6 heteroatoms. The van der Waals surface area contributed by atoms with Gasteiger partial charge in [0.2, 0.25) is 0 Å². The summed E-state index contributed by atoms with van der Waals surface area (Å²) in [4.78, 5) is 26.6.